The highest BCUT2D eigenvalue weighted by Crippen LogP contribution is 2.16. The van der Waals surface area contributed by atoms with Crippen LogP contribution in [0.5, 0.6) is 5.75 Å². The number of benzene rings is 1. The van der Waals surface area contributed by atoms with Crippen LogP contribution in [0.2, 0.25) is 0 Å². The zero-order valence-corrected chi connectivity index (χ0v) is 12.5. The maximum Gasteiger partial charge on any atom is 0.119 e. The van der Waals surface area contributed by atoms with Crippen molar-refractivity contribution >= 4 is 12.4 Å². The lowest BCUT2D eigenvalue weighted by Crippen LogP contribution is -2.34. The zero-order valence-electron chi connectivity index (χ0n) is 11.7. The van der Waals surface area contributed by atoms with Crippen LogP contribution in [-0.4, -0.2) is 32.9 Å². The van der Waals surface area contributed by atoms with Crippen LogP contribution in [0.3, 0.4) is 0 Å². The summed E-state index contributed by atoms with van der Waals surface area (Å²) in [4.78, 5) is 0. The van der Waals surface area contributed by atoms with Gasteiger partial charge in [0.15, 0.2) is 0 Å². The van der Waals surface area contributed by atoms with E-state index >= 15 is 0 Å². The Balaban J connectivity index is 0.00000289. The average Bonchev–Trinajstić information content (AvgIpc) is 2.25. The Bertz CT molecular complexity index is 324. The smallest absolute Gasteiger partial charge is 0.119 e. The molecule has 0 amide bonds. The second-order valence-electron chi connectivity index (χ2n) is 4.48. The lowest BCUT2D eigenvalue weighted by atomic mass is 10.1. The van der Waals surface area contributed by atoms with Crippen LogP contribution >= 0.6 is 12.4 Å². The first-order chi connectivity index (χ1) is 8.11. The van der Waals surface area contributed by atoms with E-state index in [9.17, 15) is 0 Å². The zero-order chi connectivity index (χ0) is 12.7. The fourth-order valence-electron chi connectivity index (χ4n) is 1.70. The molecule has 1 aromatic rings. The number of hydrogen-bond acceptors (Lipinski definition) is 3. The van der Waals surface area contributed by atoms with E-state index in [-0.39, 0.29) is 12.4 Å². The molecule has 1 rings (SSSR count). The normalized spacial score (nSPS) is 11.8. The maximum absolute atomic E-state index is 5.76. The standard InChI is InChI=1S/C14H23NO2.ClH/c1-11-7-12(2)9-14(8-11)17-10-13(3)15-5-6-16-4;/h7-9,13,15H,5-6,10H2,1-4H3;1H. The van der Waals surface area contributed by atoms with Gasteiger partial charge in [-0.2, -0.15) is 0 Å². The molecule has 104 valence electrons. The molecular weight excluding hydrogens is 250 g/mol. The van der Waals surface area contributed by atoms with Crippen LogP contribution in [0.15, 0.2) is 18.2 Å². The summed E-state index contributed by atoms with van der Waals surface area (Å²) in [6.07, 6.45) is 0. The molecule has 0 bridgehead atoms. The molecule has 0 radical (unpaired) electrons. The summed E-state index contributed by atoms with van der Waals surface area (Å²) >= 11 is 0. The molecule has 18 heavy (non-hydrogen) atoms. The van der Waals surface area contributed by atoms with Gasteiger partial charge in [0.05, 0.1) is 6.61 Å². The highest BCUT2D eigenvalue weighted by molar-refractivity contribution is 5.85. The molecule has 1 N–H and O–H groups in total. The van der Waals surface area contributed by atoms with E-state index < -0.39 is 0 Å². The van der Waals surface area contributed by atoms with E-state index in [2.05, 4.69) is 44.3 Å². The molecule has 1 atom stereocenters. The number of hydrogen-bond donors (Lipinski definition) is 1. The minimum absolute atomic E-state index is 0. The van der Waals surface area contributed by atoms with Crippen molar-refractivity contribution < 1.29 is 9.47 Å². The van der Waals surface area contributed by atoms with Gasteiger partial charge in [0, 0.05) is 19.7 Å². The van der Waals surface area contributed by atoms with E-state index in [0.29, 0.717) is 12.6 Å². The Labute approximate surface area is 116 Å². The number of halogens is 1. The van der Waals surface area contributed by atoms with Gasteiger partial charge in [-0.3, -0.25) is 0 Å². The first kappa shape index (κ1) is 17.2. The van der Waals surface area contributed by atoms with Gasteiger partial charge in [-0.25, -0.2) is 0 Å². The predicted octanol–water partition coefficient (Wildman–Crippen LogP) is 2.73. The van der Waals surface area contributed by atoms with E-state index in [4.69, 9.17) is 9.47 Å². The molecule has 0 fully saturated rings. The lowest BCUT2D eigenvalue weighted by molar-refractivity contribution is 0.189. The SMILES string of the molecule is COCCNC(C)COc1cc(C)cc(C)c1.Cl. The van der Waals surface area contributed by atoms with Crippen LogP contribution in [-0.2, 0) is 4.74 Å². The minimum atomic E-state index is 0. The molecule has 0 spiro atoms. The van der Waals surface area contributed by atoms with Crippen molar-refractivity contribution in [3.8, 4) is 5.75 Å². The molecule has 0 saturated heterocycles. The Morgan fingerprint density at radius 2 is 1.78 bits per heavy atom. The van der Waals surface area contributed by atoms with Gasteiger partial charge >= 0.3 is 0 Å². The Hall–Kier alpha value is -0.770. The molecule has 0 saturated carbocycles. The molecule has 0 aliphatic carbocycles. The van der Waals surface area contributed by atoms with Crippen molar-refractivity contribution in [3.63, 3.8) is 0 Å². The molecule has 0 heterocycles. The maximum atomic E-state index is 5.76. The monoisotopic (exact) mass is 273 g/mol. The van der Waals surface area contributed by atoms with Gasteiger partial charge in [0.25, 0.3) is 0 Å². The van der Waals surface area contributed by atoms with Crippen LogP contribution in [0.1, 0.15) is 18.1 Å². The average molecular weight is 274 g/mol. The number of ether oxygens (including phenoxy) is 2. The highest BCUT2D eigenvalue weighted by atomic mass is 35.5. The highest BCUT2D eigenvalue weighted by Gasteiger charge is 2.02. The first-order valence-corrected chi connectivity index (χ1v) is 6.05. The summed E-state index contributed by atoms with van der Waals surface area (Å²) in [6.45, 7) is 8.53. The molecule has 4 heteroatoms. The lowest BCUT2D eigenvalue weighted by Gasteiger charge is -2.15. The number of methoxy groups -OCH3 is 1. The second kappa shape index (κ2) is 9.20. The summed E-state index contributed by atoms with van der Waals surface area (Å²) in [5.41, 5.74) is 2.47. The topological polar surface area (TPSA) is 30.5 Å². The molecule has 0 aliphatic heterocycles. The van der Waals surface area contributed by atoms with Crippen molar-refractivity contribution in [2.24, 2.45) is 0 Å². The molecule has 3 nitrogen and oxygen atoms in total. The fourth-order valence-corrected chi connectivity index (χ4v) is 1.70. The van der Waals surface area contributed by atoms with Crippen LogP contribution < -0.4 is 10.1 Å². The fraction of sp³-hybridized carbons (Fsp3) is 0.571. The van der Waals surface area contributed by atoms with E-state index in [1.165, 1.54) is 11.1 Å². The molecule has 1 aromatic carbocycles. The first-order valence-electron chi connectivity index (χ1n) is 6.05. The van der Waals surface area contributed by atoms with Crippen molar-refractivity contribution in [1.82, 2.24) is 5.32 Å². The van der Waals surface area contributed by atoms with E-state index in [0.717, 1.165) is 18.9 Å². The summed E-state index contributed by atoms with van der Waals surface area (Å²) in [7, 11) is 1.71. The van der Waals surface area contributed by atoms with Gasteiger partial charge in [0.1, 0.15) is 12.4 Å². The third-order valence-corrected chi connectivity index (χ3v) is 2.49. The van der Waals surface area contributed by atoms with Crippen LogP contribution in [0.25, 0.3) is 0 Å². The summed E-state index contributed by atoms with van der Waals surface area (Å²) in [5, 5.41) is 3.33. The second-order valence-corrected chi connectivity index (χ2v) is 4.48. The minimum Gasteiger partial charge on any atom is -0.492 e. The van der Waals surface area contributed by atoms with Crippen molar-refractivity contribution in [3.05, 3.63) is 29.3 Å². The number of aryl methyl sites for hydroxylation is 2. The van der Waals surface area contributed by atoms with Crippen molar-refractivity contribution in [2.75, 3.05) is 26.9 Å². The Kier molecular flexibility index (Phi) is 8.81. The molecule has 0 aromatic heterocycles. The Morgan fingerprint density at radius 1 is 1.17 bits per heavy atom. The van der Waals surface area contributed by atoms with Gasteiger partial charge in [0.2, 0.25) is 0 Å². The van der Waals surface area contributed by atoms with Gasteiger partial charge in [-0.15, -0.1) is 12.4 Å². The van der Waals surface area contributed by atoms with Crippen molar-refractivity contribution in [1.29, 1.82) is 0 Å². The van der Waals surface area contributed by atoms with Gasteiger partial charge < -0.3 is 14.8 Å². The molecular formula is C14H24ClNO2. The predicted molar refractivity (Wildman–Crippen MR) is 78.0 cm³/mol. The third-order valence-electron chi connectivity index (χ3n) is 2.49. The van der Waals surface area contributed by atoms with E-state index in [1.54, 1.807) is 7.11 Å². The van der Waals surface area contributed by atoms with E-state index in [1.807, 2.05) is 0 Å². The van der Waals surface area contributed by atoms with Crippen molar-refractivity contribution in [2.45, 2.75) is 26.8 Å². The number of rotatable bonds is 7. The summed E-state index contributed by atoms with van der Waals surface area (Å²) < 4.78 is 10.7. The molecule has 0 aliphatic rings. The summed E-state index contributed by atoms with van der Waals surface area (Å²) in [6, 6.07) is 6.60. The van der Waals surface area contributed by atoms with Crippen LogP contribution in [0, 0.1) is 13.8 Å². The molecule has 1 unspecified atom stereocenters. The Morgan fingerprint density at radius 3 is 2.33 bits per heavy atom. The van der Waals surface area contributed by atoms with Gasteiger partial charge in [-0.1, -0.05) is 6.07 Å². The largest absolute Gasteiger partial charge is 0.492 e. The van der Waals surface area contributed by atoms with Gasteiger partial charge in [-0.05, 0) is 44.0 Å². The third kappa shape index (κ3) is 6.84. The van der Waals surface area contributed by atoms with Crippen LogP contribution in [0.4, 0.5) is 0 Å². The summed E-state index contributed by atoms with van der Waals surface area (Å²) in [5.74, 6) is 0.947. The number of nitrogens with one attached hydrogen (secondary N) is 1. The quantitative estimate of drug-likeness (QED) is 0.775.